The molecule has 0 aliphatic heterocycles. The normalized spacial score (nSPS) is 15.4. The Balaban J connectivity index is 0. The van der Waals surface area contributed by atoms with Gasteiger partial charge in [0.2, 0.25) is 5.91 Å². The molecule has 186 valence electrons. The van der Waals surface area contributed by atoms with Crippen molar-refractivity contribution in [2.75, 3.05) is 40.8 Å². The molecule has 0 rings (SSSR count). The molecule has 0 aliphatic rings. The highest BCUT2D eigenvalue weighted by atomic mass is 31.2. The summed E-state index contributed by atoms with van der Waals surface area (Å²) in [7, 11) is 1.19. The Bertz CT molecular complexity index is 554. The van der Waals surface area contributed by atoms with E-state index < -0.39 is 19.9 Å². The van der Waals surface area contributed by atoms with E-state index in [0.29, 0.717) is 17.4 Å². The Kier molecular flexibility index (Phi) is 17.2. The van der Waals surface area contributed by atoms with Crippen LogP contribution in [-0.2, 0) is 23.2 Å². The van der Waals surface area contributed by atoms with Crippen molar-refractivity contribution in [2.24, 2.45) is 5.92 Å². The van der Waals surface area contributed by atoms with Gasteiger partial charge in [0.15, 0.2) is 0 Å². The van der Waals surface area contributed by atoms with Crippen LogP contribution in [0.5, 0.6) is 0 Å². The summed E-state index contributed by atoms with van der Waals surface area (Å²) < 4.78 is 22.6. The average Bonchev–Trinajstić information content (AvgIpc) is 2.58. The first-order valence-corrected chi connectivity index (χ1v) is 12.3. The maximum absolute atomic E-state index is 12.1. The van der Waals surface area contributed by atoms with Crippen molar-refractivity contribution < 1.29 is 43.2 Å². The van der Waals surface area contributed by atoms with E-state index in [1.165, 1.54) is 0 Å². The van der Waals surface area contributed by atoms with Crippen LogP contribution in [0.25, 0.3) is 0 Å². The van der Waals surface area contributed by atoms with Crippen molar-refractivity contribution in [3.8, 4) is 0 Å². The van der Waals surface area contributed by atoms with Crippen LogP contribution in [0.2, 0.25) is 0 Å². The lowest BCUT2D eigenvalue weighted by Crippen LogP contribution is -2.42. The lowest BCUT2D eigenvalue weighted by atomic mass is 10.0. The second-order valence-electron chi connectivity index (χ2n) is 8.85. The summed E-state index contributed by atoms with van der Waals surface area (Å²) in [6.45, 7) is 4.92. The lowest BCUT2D eigenvalue weighted by molar-refractivity contribution is -0.873. The smallest absolute Gasteiger partial charge is 0.472 e. The number of likely N-dealkylation sites (N-methyl/N-ethyl adjacent to an activating group) is 1. The zero-order chi connectivity index (χ0) is 23.2. The molecule has 0 heterocycles. The van der Waals surface area contributed by atoms with E-state index in [1.807, 2.05) is 28.1 Å². The van der Waals surface area contributed by atoms with Gasteiger partial charge in [-0.15, -0.1) is 0 Å². The summed E-state index contributed by atoms with van der Waals surface area (Å²) in [5, 5.41) is 11.9. The number of rotatable bonds is 18. The molecule has 0 aromatic carbocycles. The summed E-state index contributed by atoms with van der Waals surface area (Å²) in [5.74, 6) is -1.02. The van der Waals surface area contributed by atoms with Gasteiger partial charge in [-0.25, -0.2) is 4.57 Å². The van der Waals surface area contributed by atoms with Gasteiger partial charge in [-0.1, -0.05) is 33.1 Å². The Hall–Kier alpha value is -1.03. The molecule has 0 bridgehead atoms. The van der Waals surface area contributed by atoms with Crippen LogP contribution >= 0.6 is 7.82 Å². The van der Waals surface area contributed by atoms with Gasteiger partial charge in [0.1, 0.15) is 12.6 Å². The number of nitrogens with one attached hydrogen (secondary N) is 1. The minimum atomic E-state index is -4.33. The molecule has 10 nitrogen and oxygen atoms in total. The molecule has 3 atom stereocenters. The quantitative estimate of drug-likeness (QED) is 0.157. The predicted molar refractivity (Wildman–Crippen MR) is 118 cm³/mol. The Morgan fingerprint density at radius 1 is 1.10 bits per heavy atom. The number of phosphoric ester groups is 1. The maximum Gasteiger partial charge on any atom is 0.472 e. The van der Waals surface area contributed by atoms with E-state index in [1.54, 1.807) is 0 Å². The van der Waals surface area contributed by atoms with Gasteiger partial charge in [-0.05, 0) is 25.7 Å². The fraction of sp³-hybridized carbons (Fsp3) is 0.900. The van der Waals surface area contributed by atoms with Crippen molar-refractivity contribution in [3.63, 3.8) is 0 Å². The van der Waals surface area contributed by atoms with Crippen molar-refractivity contribution in [1.29, 1.82) is 0 Å². The summed E-state index contributed by atoms with van der Waals surface area (Å²) in [4.78, 5) is 32.8. The number of carbonyl (C=O) groups excluding carboxylic acids is 1. The molecule has 1 amide bonds. The molecular formula is C20H43N2O8P. The highest BCUT2D eigenvalue weighted by molar-refractivity contribution is 7.47. The van der Waals surface area contributed by atoms with Gasteiger partial charge in [0.05, 0.1) is 34.2 Å². The second kappa shape index (κ2) is 16.6. The van der Waals surface area contributed by atoms with Crippen LogP contribution in [0.4, 0.5) is 0 Å². The van der Waals surface area contributed by atoms with Crippen LogP contribution in [0.1, 0.15) is 65.2 Å². The summed E-state index contributed by atoms with van der Waals surface area (Å²) >= 11 is 0. The van der Waals surface area contributed by atoms with Crippen molar-refractivity contribution in [1.82, 2.24) is 5.32 Å². The molecular weight excluding hydrogens is 427 g/mol. The van der Waals surface area contributed by atoms with Crippen LogP contribution in [0, 0.1) is 5.92 Å². The number of hydrogen-bond acceptors (Lipinski definition) is 6. The first-order chi connectivity index (χ1) is 13.9. The van der Waals surface area contributed by atoms with Crippen LogP contribution < -0.4 is 5.32 Å². The first-order valence-electron chi connectivity index (χ1n) is 10.8. The highest BCUT2D eigenvalue weighted by Crippen LogP contribution is 2.45. The third-order valence-corrected chi connectivity index (χ3v) is 5.57. The van der Waals surface area contributed by atoms with Gasteiger partial charge < -0.3 is 25.3 Å². The van der Waals surface area contributed by atoms with E-state index in [2.05, 4.69) is 12.2 Å². The van der Waals surface area contributed by atoms with Gasteiger partial charge in [-0.2, -0.15) is 0 Å². The first kappa shape index (κ1) is 32.2. The Labute approximate surface area is 186 Å². The minimum Gasteiger partial charge on any atom is -0.870 e. The van der Waals surface area contributed by atoms with E-state index in [0.717, 1.165) is 38.5 Å². The number of carboxylic acids is 1. The number of amides is 1. The molecule has 11 heteroatoms. The van der Waals surface area contributed by atoms with Crippen LogP contribution in [0.15, 0.2) is 0 Å². The van der Waals surface area contributed by atoms with Gasteiger partial charge in [0.25, 0.3) is 0 Å². The van der Waals surface area contributed by atoms with Crippen LogP contribution in [-0.4, -0.2) is 78.8 Å². The lowest BCUT2D eigenvalue weighted by Gasteiger charge is -2.29. The van der Waals surface area contributed by atoms with Crippen molar-refractivity contribution in [3.05, 3.63) is 0 Å². The summed E-state index contributed by atoms with van der Waals surface area (Å²) in [5.41, 5.74) is 0. The molecule has 0 spiro atoms. The molecule has 0 saturated heterocycles. The topological polar surface area (TPSA) is 152 Å². The number of aliphatic carboxylic acids is 1. The van der Waals surface area contributed by atoms with Crippen molar-refractivity contribution >= 4 is 19.7 Å². The van der Waals surface area contributed by atoms with Crippen molar-refractivity contribution in [2.45, 2.75) is 71.3 Å². The standard InChI is InChI=1S/C20H41N2O7P.H2O/c1-6-7-9-12-17(2)20(25)21-13-10-8-11-14-28-30(26,27)29-18(15-19(23)24)16-22(3,4)5;/h17-18H,6-16H2,1-5H3,(H2-,21,23,24,25,26,27);1H2/t17?,18-;/m1./s1. The summed E-state index contributed by atoms with van der Waals surface area (Å²) in [6, 6.07) is 0. The third kappa shape index (κ3) is 19.4. The van der Waals surface area contributed by atoms with E-state index in [4.69, 9.17) is 14.2 Å². The highest BCUT2D eigenvalue weighted by Gasteiger charge is 2.31. The largest absolute Gasteiger partial charge is 0.870 e. The minimum absolute atomic E-state index is 0. The molecule has 4 N–H and O–H groups in total. The van der Waals surface area contributed by atoms with E-state index >= 15 is 0 Å². The third-order valence-electron chi connectivity index (χ3n) is 4.50. The Morgan fingerprint density at radius 3 is 2.29 bits per heavy atom. The van der Waals surface area contributed by atoms with Gasteiger partial charge >= 0.3 is 13.8 Å². The number of hydrogen-bond donors (Lipinski definition) is 3. The zero-order valence-electron chi connectivity index (χ0n) is 19.7. The molecule has 0 saturated carbocycles. The number of phosphoric acid groups is 1. The number of carbonyl (C=O) groups is 2. The number of carboxylic acid groups (broad SMARTS) is 1. The molecule has 0 aromatic heterocycles. The summed E-state index contributed by atoms with van der Waals surface area (Å²) in [6.07, 6.45) is 4.95. The second-order valence-corrected chi connectivity index (χ2v) is 10.3. The zero-order valence-corrected chi connectivity index (χ0v) is 20.6. The van der Waals surface area contributed by atoms with E-state index in [9.17, 15) is 19.0 Å². The SMILES string of the molecule is CCCCCC(C)C(=O)NCCCCCOP(=O)(O)O[C@H](CC(=O)O)C[N+](C)(C)C.[OH-]. The monoisotopic (exact) mass is 470 g/mol. The van der Waals surface area contributed by atoms with Gasteiger partial charge in [-0.3, -0.25) is 18.6 Å². The van der Waals surface area contributed by atoms with E-state index in [-0.39, 0.29) is 36.9 Å². The molecule has 31 heavy (non-hydrogen) atoms. The Morgan fingerprint density at radius 2 is 1.74 bits per heavy atom. The number of unbranched alkanes of at least 4 members (excludes halogenated alkanes) is 4. The molecule has 0 fully saturated rings. The molecule has 0 aliphatic carbocycles. The fourth-order valence-electron chi connectivity index (χ4n) is 2.96. The number of nitrogens with zero attached hydrogens (tertiary/aromatic N) is 1. The van der Waals surface area contributed by atoms with Gasteiger partial charge in [0, 0.05) is 12.5 Å². The fourth-order valence-corrected chi connectivity index (χ4v) is 3.90. The predicted octanol–water partition coefficient (Wildman–Crippen LogP) is 3.00. The molecule has 0 aromatic rings. The van der Waals surface area contributed by atoms with Crippen LogP contribution in [0.3, 0.4) is 0 Å². The maximum atomic E-state index is 12.1. The molecule has 2 unspecified atom stereocenters. The average molecular weight is 471 g/mol. The molecule has 0 radical (unpaired) electrons. The number of quaternary nitrogens is 1.